The third-order valence-corrected chi connectivity index (χ3v) is 9.87. The number of piperazine rings is 1. The van der Waals surface area contributed by atoms with E-state index in [9.17, 15) is 21.6 Å². The molecule has 0 aliphatic carbocycles. The van der Waals surface area contributed by atoms with E-state index in [4.69, 9.17) is 28.3 Å². The highest BCUT2D eigenvalue weighted by atomic mass is 35.5. The van der Waals surface area contributed by atoms with Crippen LogP contribution < -0.4 is 10.0 Å². The number of hydrogen-bond acceptors (Lipinski definition) is 7. The van der Waals surface area contributed by atoms with Crippen LogP contribution >= 0.6 is 23.2 Å². The second kappa shape index (κ2) is 12.2. The monoisotopic (exact) mass is 612 g/mol. The molecule has 3 aromatic rings. The molecular formula is C25H26Cl2N4O6S2. The SMILES string of the molecule is O=C(Nc1ccc(S(=O)(=O)N2CCN(CCO)CC2)cc1)c1cc(Cl)ccc1NS(=O)(=O)c1ccc(Cl)cc1. The van der Waals surface area contributed by atoms with Crippen molar-refractivity contribution >= 4 is 60.5 Å². The maximum Gasteiger partial charge on any atom is 0.261 e. The van der Waals surface area contributed by atoms with Gasteiger partial charge in [-0.25, -0.2) is 16.8 Å². The molecule has 1 amide bonds. The number of nitrogens with one attached hydrogen (secondary N) is 2. The van der Waals surface area contributed by atoms with Gasteiger partial charge in [-0.05, 0) is 66.7 Å². The van der Waals surface area contributed by atoms with Crippen molar-refractivity contribution in [1.29, 1.82) is 0 Å². The molecule has 0 bridgehead atoms. The maximum absolute atomic E-state index is 13.1. The Morgan fingerprint density at radius 1 is 0.821 bits per heavy atom. The van der Waals surface area contributed by atoms with Gasteiger partial charge in [0.15, 0.2) is 0 Å². The Labute approximate surface area is 237 Å². The fourth-order valence-electron chi connectivity index (χ4n) is 4.00. The van der Waals surface area contributed by atoms with Gasteiger partial charge in [-0.3, -0.25) is 14.4 Å². The van der Waals surface area contributed by atoms with Gasteiger partial charge in [0.2, 0.25) is 10.0 Å². The molecule has 3 N–H and O–H groups in total. The van der Waals surface area contributed by atoms with Gasteiger partial charge in [0.25, 0.3) is 15.9 Å². The third-order valence-electron chi connectivity index (χ3n) is 6.09. The third kappa shape index (κ3) is 7.09. The average molecular weight is 614 g/mol. The summed E-state index contributed by atoms with van der Waals surface area (Å²) in [5.41, 5.74) is 0.280. The van der Waals surface area contributed by atoms with Gasteiger partial charge >= 0.3 is 0 Å². The Morgan fingerprint density at radius 3 is 2.03 bits per heavy atom. The lowest BCUT2D eigenvalue weighted by atomic mass is 10.1. The normalized spacial score (nSPS) is 15.2. The van der Waals surface area contributed by atoms with E-state index in [0.29, 0.717) is 43.4 Å². The predicted molar refractivity (Wildman–Crippen MR) is 150 cm³/mol. The van der Waals surface area contributed by atoms with E-state index in [1.165, 1.54) is 71.0 Å². The molecule has 14 heteroatoms. The van der Waals surface area contributed by atoms with Crippen LogP contribution in [0.5, 0.6) is 0 Å². The van der Waals surface area contributed by atoms with Gasteiger partial charge in [0.05, 0.1) is 27.6 Å². The fraction of sp³-hybridized carbons (Fsp3) is 0.240. The van der Waals surface area contributed by atoms with Crippen LogP contribution in [0.3, 0.4) is 0 Å². The first kappa shape index (κ1) is 29.3. The van der Waals surface area contributed by atoms with Crippen molar-refractivity contribution in [2.45, 2.75) is 9.79 Å². The number of aliphatic hydroxyl groups excluding tert-OH is 1. The molecule has 1 aliphatic rings. The van der Waals surface area contributed by atoms with Gasteiger partial charge < -0.3 is 10.4 Å². The second-order valence-corrected chi connectivity index (χ2v) is 13.2. The van der Waals surface area contributed by atoms with Gasteiger partial charge in [0.1, 0.15) is 0 Å². The lowest BCUT2D eigenvalue weighted by Gasteiger charge is -2.33. The quantitative estimate of drug-likeness (QED) is 0.337. The summed E-state index contributed by atoms with van der Waals surface area (Å²) in [5, 5.41) is 12.3. The zero-order valence-electron chi connectivity index (χ0n) is 20.5. The Balaban J connectivity index is 1.48. The van der Waals surface area contributed by atoms with Crippen LogP contribution in [0.4, 0.5) is 11.4 Å². The van der Waals surface area contributed by atoms with Crippen LogP contribution in [0, 0.1) is 0 Å². The number of hydrogen-bond donors (Lipinski definition) is 3. The molecule has 10 nitrogen and oxygen atoms in total. The van der Waals surface area contributed by atoms with E-state index >= 15 is 0 Å². The lowest BCUT2D eigenvalue weighted by molar-refractivity contribution is 0.102. The number of aliphatic hydroxyl groups is 1. The molecular weight excluding hydrogens is 587 g/mol. The number of β-amino-alcohol motifs (C(OH)–C–C–N with tert-alkyl or cyclic N) is 1. The highest BCUT2D eigenvalue weighted by Gasteiger charge is 2.28. The summed E-state index contributed by atoms with van der Waals surface area (Å²) in [7, 11) is -7.76. The van der Waals surface area contributed by atoms with E-state index in [2.05, 4.69) is 10.0 Å². The largest absolute Gasteiger partial charge is 0.395 e. The maximum atomic E-state index is 13.1. The first-order valence-electron chi connectivity index (χ1n) is 11.8. The number of amides is 1. The van der Waals surface area contributed by atoms with Crippen molar-refractivity contribution in [2.24, 2.45) is 0 Å². The molecule has 0 spiro atoms. The van der Waals surface area contributed by atoms with E-state index in [1.807, 2.05) is 4.90 Å². The molecule has 1 fully saturated rings. The lowest BCUT2D eigenvalue weighted by Crippen LogP contribution is -2.49. The first-order valence-corrected chi connectivity index (χ1v) is 15.5. The summed E-state index contributed by atoms with van der Waals surface area (Å²) in [6.45, 7) is 2.19. The number of benzene rings is 3. The van der Waals surface area contributed by atoms with Gasteiger partial charge in [-0.1, -0.05) is 23.2 Å². The van der Waals surface area contributed by atoms with Crippen molar-refractivity contribution in [3.63, 3.8) is 0 Å². The Hall–Kier alpha value is -2.71. The van der Waals surface area contributed by atoms with Crippen LogP contribution in [0.1, 0.15) is 10.4 Å². The minimum atomic E-state index is -4.03. The number of anilines is 2. The van der Waals surface area contributed by atoms with E-state index in [-0.39, 0.29) is 32.7 Å². The summed E-state index contributed by atoms with van der Waals surface area (Å²) >= 11 is 11.9. The van der Waals surface area contributed by atoms with Crippen molar-refractivity contribution in [3.05, 3.63) is 82.3 Å². The van der Waals surface area contributed by atoms with Crippen LogP contribution in [-0.2, 0) is 20.0 Å². The second-order valence-electron chi connectivity index (χ2n) is 8.70. The molecule has 0 unspecified atom stereocenters. The average Bonchev–Trinajstić information content (AvgIpc) is 2.90. The zero-order valence-corrected chi connectivity index (χ0v) is 23.7. The summed E-state index contributed by atoms with van der Waals surface area (Å²) in [6, 6.07) is 15.4. The van der Waals surface area contributed by atoms with Crippen molar-refractivity contribution in [1.82, 2.24) is 9.21 Å². The molecule has 0 atom stereocenters. The summed E-state index contributed by atoms with van der Waals surface area (Å²) in [5.74, 6) is -0.651. The first-order chi connectivity index (χ1) is 18.5. The van der Waals surface area contributed by atoms with Crippen molar-refractivity contribution in [2.75, 3.05) is 49.4 Å². The fourth-order valence-corrected chi connectivity index (χ4v) is 6.80. The number of carbonyl (C=O) groups excluding carboxylic acids is 1. The van der Waals surface area contributed by atoms with Crippen molar-refractivity contribution in [3.8, 4) is 0 Å². The molecule has 0 saturated carbocycles. The van der Waals surface area contributed by atoms with Crippen LogP contribution in [0.15, 0.2) is 76.5 Å². The number of halogens is 2. The Bertz CT molecular complexity index is 1540. The summed E-state index contributed by atoms with van der Waals surface area (Å²) in [4.78, 5) is 15.1. The topological polar surface area (TPSA) is 136 Å². The van der Waals surface area contributed by atoms with Gasteiger partial charge in [0, 0.05) is 48.5 Å². The van der Waals surface area contributed by atoms with Crippen molar-refractivity contribution < 1.29 is 26.7 Å². The molecule has 1 heterocycles. The smallest absolute Gasteiger partial charge is 0.261 e. The minimum absolute atomic E-state index is 0.00592. The van der Waals surface area contributed by atoms with Gasteiger partial charge in [-0.2, -0.15) is 4.31 Å². The molecule has 4 rings (SSSR count). The molecule has 3 aromatic carbocycles. The van der Waals surface area contributed by atoms with Crippen LogP contribution in [0.2, 0.25) is 10.0 Å². The van der Waals surface area contributed by atoms with E-state index in [0.717, 1.165) is 0 Å². The van der Waals surface area contributed by atoms with E-state index in [1.54, 1.807) is 0 Å². The van der Waals surface area contributed by atoms with Gasteiger partial charge in [-0.15, -0.1) is 0 Å². The van der Waals surface area contributed by atoms with E-state index < -0.39 is 26.0 Å². The zero-order chi connectivity index (χ0) is 28.2. The minimum Gasteiger partial charge on any atom is -0.395 e. The number of sulfonamides is 2. The summed E-state index contributed by atoms with van der Waals surface area (Å²) < 4.78 is 55.6. The van der Waals surface area contributed by atoms with Crippen LogP contribution in [-0.4, -0.2) is 76.4 Å². The summed E-state index contributed by atoms with van der Waals surface area (Å²) in [6.07, 6.45) is 0. The molecule has 0 aromatic heterocycles. The molecule has 208 valence electrons. The Morgan fingerprint density at radius 2 is 1.41 bits per heavy atom. The highest BCUT2D eigenvalue weighted by Crippen LogP contribution is 2.26. The Kier molecular flexibility index (Phi) is 9.17. The number of rotatable bonds is 9. The number of nitrogens with zero attached hydrogens (tertiary/aromatic N) is 2. The number of carbonyl (C=O) groups is 1. The molecule has 1 aliphatic heterocycles. The standard InChI is InChI=1S/C25H26Cl2N4O6S2/c26-18-1-6-21(7-2-18)38(34,35)29-24-10-3-19(27)17-23(24)25(33)28-20-4-8-22(9-5-20)39(36,37)31-13-11-30(12-14-31)15-16-32/h1-10,17,29,32H,11-16H2,(H,28,33). The molecule has 0 radical (unpaired) electrons. The van der Waals surface area contributed by atoms with Crippen LogP contribution in [0.25, 0.3) is 0 Å². The molecule has 39 heavy (non-hydrogen) atoms. The predicted octanol–water partition coefficient (Wildman–Crippen LogP) is 3.35. The highest BCUT2D eigenvalue weighted by molar-refractivity contribution is 7.92. The molecule has 1 saturated heterocycles.